The Morgan fingerprint density at radius 3 is 2.15 bits per heavy atom. The van der Waals surface area contributed by atoms with Gasteiger partial charge < -0.3 is 24.1 Å². The summed E-state index contributed by atoms with van der Waals surface area (Å²) in [5, 5.41) is 2.85. The van der Waals surface area contributed by atoms with E-state index in [9.17, 15) is 4.79 Å². The molecule has 1 heterocycles. The number of amides is 1. The lowest BCUT2D eigenvalue weighted by atomic mass is 9.76. The summed E-state index contributed by atoms with van der Waals surface area (Å²) in [4.78, 5) is 12.4. The molecule has 176 valence electrons. The molecule has 0 radical (unpaired) electrons. The van der Waals surface area contributed by atoms with Crippen LogP contribution in [-0.2, 0) is 20.7 Å². The van der Waals surface area contributed by atoms with E-state index in [-0.39, 0.29) is 13.2 Å². The van der Waals surface area contributed by atoms with Crippen molar-refractivity contribution in [1.29, 1.82) is 0 Å². The standard InChI is InChI=1S/C26H34BNO5/c1-18-13-22(30-7)14-19(2)23(18)15-21(27-32-25(3,4)26(5,6)33-27)16-28-24(29)31-17-20-11-9-8-10-12-20/h8-15H,16-17H2,1-7H3,(H,28,29). The molecule has 0 spiro atoms. The van der Waals surface area contributed by atoms with Crippen molar-refractivity contribution in [3.05, 3.63) is 70.2 Å². The van der Waals surface area contributed by atoms with Crippen LogP contribution in [0.1, 0.15) is 49.9 Å². The number of ether oxygens (including phenoxy) is 2. The number of methoxy groups -OCH3 is 1. The van der Waals surface area contributed by atoms with Gasteiger partial charge >= 0.3 is 13.2 Å². The second-order valence-corrected chi connectivity index (χ2v) is 9.40. The number of alkyl carbamates (subject to hydrolysis) is 1. The third-order valence-electron chi connectivity index (χ3n) is 6.34. The summed E-state index contributed by atoms with van der Waals surface area (Å²) in [7, 11) is 1.06. The number of benzene rings is 2. The Bertz CT molecular complexity index is 978. The molecule has 2 aromatic carbocycles. The Labute approximate surface area is 197 Å². The first-order valence-electron chi connectivity index (χ1n) is 11.2. The molecule has 33 heavy (non-hydrogen) atoms. The van der Waals surface area contributed by atoms with Gasteiger partial charge in [0.25, 0.3) is 0 Å². The van der Waals surface area contributed by atoms with E-state index in [1.807, 2.05) is 90.1 Å². The van der Waals surface area contributed by atoms with Crippen LogP contribution in [0.3, 0.4) is 0 Å². The van der Waals surface area contributed by atoms with Gasteiger partial charge in [0.05, 0.1) is 18.3 Å². The molecule has 1 N–H and O–H groups in total. The number of carbonyl (C=O) groups is 1. The molecule has 0 unspecified atom stereocenters. The fourth-order valence-corrected chi connectivity index (χ4v) is 3.61. The van der Waals surface area contributed by atoms with Gasteiger partial charge in [0.15, 0.2) is 0 Å². The summed E-state index contributed by atoms with van der Waals surface area (Å²) in [6.07, 6.45) is 1.54. The maximum Gasteiger partial charge on any atom is 0.492 e. The number of rotatable bonds is 7. The molecule has 1 fully saturated rings. The van der Waals surface area contributed by atoms with E-state index in [1.54, 1.807) is 7.11 Å². The van der Waals surface area contributed by atoms with Crippen LogP contribution < -0.4 is 10.1 Å². The molecule has 0 saturated carbocycles. The smallest absolute Gasteiger partial charge is 0.492 e. The van der Waals surface area contributed by atoms with Crippen molar-refractivity contribution in [3.63, 3.8) is 0 Å². The third kappa shape index (κ3) is 5.98. The number of aryl methyl sites for hydroxylation is 2. The third-order valence-corrected chi connectivity index (χ3v) is 6.34. The van der Waals surface area contributed by atoms with E-state index in [0.29, 0.717) is 0 Å². The van der Waals surface area contributed by atoms with E-state index < -0.39 is 24.4 Å². The molecular weight excluding hydrogens is 417 g/mol. The summed E-state index contributed by atoms with van der Waals surface area (Å²) in [5.41, 5.74) is 3.92. The van der Waals surface area contributed by atoms with Crippen molar-refractivity contribution in [2.75, 3.05) is 13.7 Å². The monoisotopic (exact) mass is 451 g/mol. The second kappa shape index (κ2) is 10.0. The quantitative estimate of drug-likeness (QED) is 0.583. The first-order chi connectivity index (χ1) is 15.5. The maximum absolute atomic E-state index is 12.4. The predicted molar refractivity (Wildman–Crippen MR) is 131 cm³/mol. The minimum atomic E-state index is -0.592. The minimum Gasteiger partial charge on any atom is -0.497 e. The lowest BCUT2D eigenvalue weighted by Gasteiger charge is -2.32. The lowest BCUT2D eigenvalue weighted by Crippen LogP contribution is -2.41. The molecule has 6 nitrogen and oxygen atoms in total. The highest BCUT2D eigenvalue weighted by Gasteiger charge is 2.52. The molecule has 0 bridgehead atoms. The fraction of sp³-hybridized carbons (Fsp3) is 0.423. The van der Waals surface area contributed by atoms with Gasteiger partial charge in [-0.3, -0.25) is 0 Å². The van der Waals surface area contributed by atoms with Crippen LogP contribution in [0, 0.1) is 13.8 Å². The van der Waals surface area contributed by atoms with Gasteiger partial charge in [0.2, 0.25) is 0 Å². The first kappa shape index (κ1) is 24.9. The molecule has 1 saturated heterocycles. The van der Waals surface area contributed by atoms with Gasteiger partial charge in [-0.1, -0.05) is 36.4 Å². The van der Waals surface area contributed by atoms with Gasteiger partial charge in [-0.25, -0.2) is 4.79 Å². The zero-order chi connectivity index (χ0) is 24.2. The average molecular weight is 451 g/mol. The molecule has 7 heteroatoms. The van der Waals surface area contributed by atoms with Crippen LogP contribution in [0.4, 0.5) is 4.79 Å². The van der Waals surface area contributed by atoms with Crippen LogP contribution in [0.25, 0.3) is 6.08 Å². The Hall–Kier alpha value is -2.77. The van der Waals surface area contributed by atoms with Gasteiger partial charge in [-0.05, 0) is 81.4 Å². The Morgan fingerprint density at radius 1 is 1.03 bits per heavy atom. The minimum absolute atomic E-state index is 0.207. The average Bonchev–Trinajstić information content (AvgIpc) is 2.98. The number of hydrogen-bond donors (Lipinski definition) is 1. The SMILES string of the molecule is COc1cc(C)c(C=C(CNC(=O)OCc2ccccc2)B2OC(C)(C)C(C)(C)O2)c(C)c1. The van der Waals surface area contributed by atoms with Crippen LogP contribution in [0.5, 0.6) is 5.75 Å². The molecule has 0 atom stereocenters. The molecule has 0 aliphatic carbocycles. The second-order valence-electron chi connectivity index (χ2n) is 9.40. The van der Waals surface area contributed by atoms with Crippen LogP contribution in [0.15, 0.2) is 47.9 Å². The summed E-state index contributed by atoms with van der Waals surface area (Å²) >= 11 is 0. The van der Waals surface area contributed by atoms with Crippen molar-refractivity contribution in [2.24, 2.45) is 0 Å². The zero-order valence-corrected chi connectivity index (χ0v) is 20.7. The molecular formula is C26H34BNO5. The molecule has 1 aliphatic heterocycles. The summed E-state index contributed by atoms with van der Waals surface area (Å²) in [5.74, 6) is 0.807. The summed E-state index contributed by atoms with van der Waals surface area (Å²) in [6, 6.07) is 13.6. The molecule has 1 amide bonds. The highest BCUT2D eigenvalue weighted by atomic mass is 16.7. The van der Waals surface area contributed by atoms with Crippen LogP contribution >= 0.6 is 0 Å². The summed E-state index contributed by atoms with van der Waals surface area (Å²) < 4.78 is 23.3. The van der Waals surface area contributed by atoms with E-state index in [0.717, 1.165) is 33.5 Å². The summed E-state index contributed by atoms with van der Waals surface area (Å²) in [6.45, 7) is 12.5. The van der Waals surface area contributed by atoms with E-state index in [2.05, 4.69) is 5.32 Å². The van der Waals surface area contributed by atoms with E-state index >= 15 is 0 Å². The zero-order valence-electron chi connectivity index (χ0n) is 20.7. The van der Waals surface area contributed by atoms with E-state index in [1.165, 1.54) is 0 Å². The van der Waals surface area contributed by atoms with Crippen molar-refractivity contribution in [2.45, 2.75) is 59.4 Å². The lowest BCUT2D eigenvalue weighted by molar-refractivity contribution is 0.00578. The Balaban J connectivity index is 1.81. The molecule has 0 aromatic heterocycles. The first-order valence-corrected chi connectivity index (χ1v) is 11.2. The number of nitrogens with one attached hydrogen (secondary N) is 1. The van der Waals surface area contributed by atoms with Crippen LogP contribution in [-0.4, -0.2) is 38.1 Å². The highest BCUT2D eigenvalue weighted by molar-refractivity contribution is 6.56. The van der Waals surface area contributed by atoms with Crippen molar-refractivity contribution in [1.82, 2.24) is 5.32 Å². The molecule has 3 rings (SSSR count). The van der Waals surface area contributed by atoms with Gasteiger partial charge in [-0.15, -0.1) is 0 Å². The van der Waals surface area contributed by atoms with E-state index in [4.69, 9.17) is 18.8 Å². The van der Waals surface area contributed by atoms with Gasteiger partial charge in [-0.2, -0.15) is 0 Å². The molecule has 1 aliphatic rings. The van der Waals surface area contributed by atoms with Crippen molar-refractivity contribution in [3.8, 4) is 5.75 Å². The normalized spacial score (nSPS) is 17.1. The maximum atomic E-state index is 12.4. The topological polar surface area (TPSA) is 66.0 Å². The fourth-order valence-electron chi connectivity index (χ4n) is 3.61. The largest absolute Gasteiger partial charge is 0.497 e. The Kier molecular flexibility index (Phi) is 7.55. The van der Waals surface area contributed by atoms with Crippen molar-refractivity contribution >= 4 is 19.3 Å². The van der Waals surface area contributed by atoms with Gasteiger partial charge in [0, 0.05) is 6.54 Å². The molecule has 2 aromatic rings. The number of hydrogen-bond acceptors (Lipinski definition) is 5. The number of carbonyl (C=O) groups excluding carboxylic acids is 1. The Morgan fingerprint density at radius 2 is 1.61 bits per heavy atom. The van der Waals surface area contributed by atoms with Crippen molar-refractivity contribution < 1.29 is 23.6 Å². The highest BCUT2D eigenvalue weighted by Crippen LogP contribution is 2.39. The van der Waals surface area contributed by atoms with Crippen LogP contribution in [0.2, 0.25) is 0 Å². The predicted octanol–water partition coefficient (Wildman–Crippen LogP) is 5.25. The van der Waals surface area contributed by atoms with Gasteiger partial charge in [0.1, 0.15) is 12.4 Å².